The Morgan fingerprint density at radius 1 is 1.29 bits per heavy atom. The summed E-state index contributed by atoms with van der Waals surface area (Å²) in [6, 6.07) is 5.64. The monoisotopic (exact) mass is 345 g/mol. The molecule has 7 nitrogen and oxygen atoms in total. The first-order valence-electron chi connectivity index (χ1n) is 7.74. The van der Waals surface area contributed by atoms with Crippen molar-refractivity contribution < 1.29 is 9.53 Å². The minimum atomic E-state index is -0.262. The number of carbonyl (C=O) groups is 1. The SMILES string of the molecule is CC(C)OC(=O)C(C)CNc1ccc2nnc(-c3ccsc3)n2n1. The smallest absolute Gasteiger partial charge is 0.310 e. The van der Waals surface area contributed by atoms with Crippen LogP contribution in [0.3, 0.4) is 0 Å². The van der Waals surface area contributed by atoms with Gasteiger partial charge in [0.2, 0.25) is 0 Å². The minimum absolute atomic E-state index is 0.111. The first-order chi connectivity index (χ1) is 11.5. The number of rotatable bonds is 6. The van der Waals surface area contributed by atoms with Crippen LogP contribution < -0.4 is 5.32 Å². The largest absolute Gasteiger partial charge is 0.463 e. The molecule has 24 heavy (non-hydrogen) atoms. The number of nitrogens with one attached hydrogen (secondary N) is 1. The fourth-order valence-corrected chi connectivity index (χ4v) is 2.78. The average molecular weight is 345 g/mol. The Morgan fingerprint density at radius 2 is 2.12 bits per heavy atom. The van der Waals surface area contributed by atoms with Crippen LogP contribution in [-0.4, -0.2) is 38.4 Å². The molecule has 0 spiro atoms. The molecule has 3 aromatic heterocycles. The molecule has 3 heterocycles. The van der Waals surface area contributed by atoms with Crippen molar-refractivity contribution in [2.45, 2.75) is 26.9 Å². The number of aromatic nitrogens is 4. The molecule has 0 aliphatic heterocycles. The molecule has 0 aliphatic rings. The van der Waals surface area contributed by atoms with Crippen LogP contribution in [0.4, 0.5) is 5.82 Å². The third kappa shape index (κ3) is 3.53. The van der Waals surface area contributed by atoms with Crippen LogP contribution in [-0.2, 0) is 9.53 Å². The van der Waals surface area contributed by atoms with E-state index in [9.17, 15) is 4.79 Å². The van der Waals surface area contributed by atoms with E-state index in [2.05, 4.69) is 20.6 Å². The summed E-state index contributed by atoms with van der Waals surface area (Å²) in [5.74, 6) is 0.870. The Hall–Kier alpha value is -2.48. The van der Waals surface area contributed by atoms with Gasteiger partial charge in [0, 0.05) is 17.5 Å². The molecule has 0 aromatic carbocycles. The Labute approximate surface area is 143 Å². The van der Waals surface area contributed by atoms with Crippen molar-refractivity contribution in [2.75, 3.05) is 11.9 Å². The molecule has 0 fully saturated rings. The third-order valence-corrected chi connectivity index (χ3v) is 4.07. The van der Waals surface area contributed by atoms with Crippen LogP contribution >= 0.6 is 11.3 Å². The van der Waals surface area contributed by atoms with E-state index in [0.717, 1.165) is 5.56 Å². The molecule has 3 rings (SSSR count). The fraction of sp³-hybridized carbons (Fsp3) is 0.375. The molecule has 8 heteroatoms. The van der Waals surface area contributed by atoms with Crippen LogP contribution in [0.25, 0.3) is 17.0 Å². The maximum atomic E-state index is 11.8. The topological polar surface area (TPSA) is 81.4 Å². The number of fused-ring (bicyclic) bond motifs is 1. The maximum Gasteiger partial charge on any atom is 0.310 e. The lowest BCUT2D eigenvalue weighted by Crippen LogP contribution is -2.25. The molecule has 1 N–H and O–H groups in total. The molecule has 0 radical (unpaired) electrons. The molecule has 0 saturated carbocycles. The zero-order valence-electron chi connectivity index (χ0n) is 13.8. The van der Waals surface area contributed by atoms with Crippen LogP contribution in [0.2, 0.25) is 0 Å². The summed E-state index contributed by atoms with van der Waals surface area (Å²) < 4.78 is 6.90. The average Bonchev–Trinajstić information content (AvgIpc) is 3.20. The fourth-order valence-electron chi connectivity index (χ4n) is 2.14. The quantitative estimate of drug-likeness (QED) is 0.692. The van der Waals surface area contributed by atoms with Crippen LogP contribution in [0.5, 0.6) is 0 Å². The lowest BCUT2D eigenvalue weighted by molar-refractivity contribution is -0.151. The number of hydrogen-bond donors (Lipinski definition) is 1. The number of esters is 1. The van der Waals surface area contributed by atoms with Gasteiger partial charge in [0.25, 0.3) is 0 Å². The highest BCUT2D eigenvalue weighted by atomic mass is 32.1. The first-order valence-corrected chi connectivity index (χ1v) is 8.68. The Morgan fingerprint density at radius 3 is 2.83 bits per heavy atom. The van der Waals surface area contributed by atoms with E-state index < -0.39 is 0 Å². The lowest BCUT2D eigenvalue weighted by Gasteiger charge is -2.14. The molecular weight excluding hydrogens is 326 g/mol. The Bertz CT molecular complexity index is 828. The molecule has 126 valence electrons. The van der Waals surface area contributed by atoms with E-state index in [1.54, 1.807) is 15.9 Å². The predicted molar refractivity (Wildman–Crippen MR) is 93.0 cm³/mol. The van der Waals surface area contributed by atoms with Crippen molar-refractivity contribution in [1.82, 2.24) is 19.8 Å². The molecule has 0 saturated heterocycles. The second-order valence-electron chi connectivity index (χ2n) is 5.79. The van der Waals surface area contributed by atoms with Crippen molar-refractivity contribution in [3.8, 4) is 11.4 Å². The molecule has 1 atom stereocenters. The van der Waals surface area contributed by atoms with Crippen molar-refractivity contribution in [3.05, 3.63) is 29.0 Å². The van der Waals surface area contributed by atoms with Gasteiger partial charge in [-0.05, 0) is 37.4 Å². The van der Waals surface area contributed by atoms with E-state index >= 15 is 0 Å². The van der Waals surface area contributed by atoms with Gasteiger partial charge in [-0.25, -0.2) is 0 Å². The van der Waals surface area contributed by atoms with Gasteiger partial charge in [0.05, 0.1) is 12.0 Å². The summed E-state index contributed by atoms with van der Waals surface area (Å²) in [6.45, 7) is 5.95. The van der Waals surface area contributed by atoms with Crippen molar-refractivity contribution >= 4 is 28.8 Å². The van der Waals surface area contributed by atoms with Gasteiger partial charge in [-0.3, -0.25) is 4.79 Å². The number of nitrogens with zero attached hydrogens (tertiary/aromatic N) is 4. The number of ether oxygens (including phenoxy) is 1. The van der Waals surface area contributed by atoms with Gasteiger partial charge in [-0.2, -0.15) is 15.9 Å². The summed E-state index contributed by atoms with van der Waals surface area (Å²) >= 11 is 1.60. The molecule has 3 aromatic rings. The summed E-state index contributed by atoms with van der Waals surface area (Å²) in [5.41, 5.74) is 1.65. The number of carbonyl (C=O) groups excluding carboxylic acids is 1. The van der Waals surface area contributed by atoms with Gasteiger partial charge in [0.1, 0.15) is 5.82 Å². The van der Waals surface area contributed by atoms with E-state index in [4.69, 9.17) is 4.74 Å². The maximum absolute atomic E-state index is 11.8. The van der Waals surface area contributed by atoms with Gasteiger partial charge >= 0.3 is 5.97 Å². The van der Waals surface area contributed by atoms with Gasteiger partial charge in [-0.15, -0.1) is 15.3 Å². The molecule has 0 aliphatic carbocycles. The Balaban J connectivity index is 1.74. The second kappa shape index (κ2) is 6.96. The van der Waals surface area contributed by atoms with E-state index in [0.29, 0.717) is 23.8 Å². The van der Waals surface area contributed by atoms with E-state index in [-0.39, 0.29) is 18.0 Å². The second-order valence-corrected chi connectivity index (χ2v) is 6.57. The number of anilines is 1. The van der Waals surface area contributed by atoms with Crippen molar-refractivity contribution in [1.29, 1.82) is 0 Å². The van der Waals surface area contributed by atoms with Gasteiger partial charge < -0.3 is 10.1 Å². The van der Waals surface area contributed by atoms with E-state index in [1.807, 2.05) is 49.7 Å². The van der Waals surface area contributed by atoms with Crippen LogP contribution in [0.1, 0.15) is 20.8 Å². The minimum Gasteiger partial charge on any atom is -0.463 e. The zero-order valence-corrected chi connectivity index (χ0v) is 14.6. The number of thiophene rings is 1. The highest BCUT2D eigenvalue weighted by Crippen LogP contribution is 2.20. The highest BCUT2D eigenvalue weighted by Gasteiger charge is 2.16. The van der Waals surface area contributed by atoms with Gasteiger partial charge in [0.15, 0.2) is 11.5 Å². The molecule has 0 bridgehead atoms. The van der Waals surface area contributed by atoms with Crippen LogP contribution in [0.15, 0.2) is 29.0 Å². The van der Waals surface area contributed by atoms with Crippen molar-refractivity contribution in [2.24, 2.45) is 5.92 Å². The normalized spacial score (nSPS) is 12.5. The summed E-state index contributed by atoms with van der Waals surface area (Å²) in [4.78, 5) is 11.8. The lowest BCUT2D eigenvalue weighted by atomic mass is 10.2. The summed E-state index contributed by atoms with van der Waals surface area (Å²) in [5, 5.41) is 20.0. The van der Waals surface area contributed by atoms with E-state index in [1.165, 1.54) is 0 Å². The van der Waals surface area contributed by atoms with Gasteiger partial charge in [-0.1, -0.05) is 6.92 Å². The van der Waals surface area contributed by atoms with Crippen molar-refractivity contribution in [3.63, 3.8) is 0 Å². The Kier molecular flexibility index (Phi) is 4.75. The molecule has 1 unspecified atom stereocenters. The zero-order chi connectivity index (χ0) is 17.1. The standard InChI is InChI=1S/C16H19N5O2S/c1-10(2)23-16(22)11(3)8-17-13-4-5-14-18-19-15(21(14)20-13)12-6-7-24-9-12/h4-7,9-11H,8H2,1-3H3,(H,17,20). The first kappa shape index (κ1) is 16.4. The summed E-state index contributed by atoms with van der Waals surface area (Å²) in [6.07, 6.45) is -0.111. The third-order valence-electron chi connectivity index (χ3n) is 3.39. The summed E-state index contributed by atoms with van der Waals surface area (Å²) in [7, 11) is 0. The number of hydrogen-bond acceptors (Lipinski definition) is 7. The van der Waals surface area contributed by atoms with Crippen LogP contribution in [0, 0.1) is 5.92 Å². The predicted octanol–water partition coefficient (Wildman–Crippen LogP) is 2.85. The highest BCUT2D eigenvalue weighted by molar-refractivity contribution is 7.08. The molecular formula is C16H19N5O2S. The molecule has 0 amide bonds.